The molecule has 0 bridgehead atoms. The maximum absolute atomic E-state index is 5.32. The van der Waals surface area contributed by atoms with Crippen LogP contribution in [0, 0.1) is 0 Å². The number of methoxy groups -OCH3 is 1. The highest BCUT2D eigenvalue weighted by Crippen LogP contribution is 2.29. The Morgan fingerprint density at radius 2 is 2.04 bits per heavy atom. The zero-order chi connectivity index (χ0) is 16.2. The molecule has 0 spiro atoms. The van der Waals surface area contributed by atoms with Crippen molar-refractivity contribution in [2.24, 2.45) is 0 Å². The Hall–Kier alpha value is -2.25. The standard InChI is InChI=1S/C16H18N4O2S/c1-10(17-2)8-14-19-15(22-20-14)13-9-23-16(18-13)11-4-6-12(21-3)7-5-11/h4-7,9-10,17H,8H2,1-3H3. The van der Waals surface area contributed by atoms with Gasteiger partial charge in [-0.2, -0.15) is 4.98 Å². The predicted octanol–water partition coefficient (Wildman–Crippen LogP) is 3.02. The Morgan fingerprint density at radius 3 is 2.74 bits per heavy atom. The first-order valence-corrected chi connectivity index (χ1v) is 8.17. The van der Waals surface area contributed by atoms with Crippen LogP contribution in [0.15, 0.2) is 34.2 Å². The van der Waals surface area contributed by atoms with Gasteiger partial charge in [-0.25, -0.2) is 4.98 Å². The van der Waals surface area contributed by atoms with E-state index in [1.165, 1.54) is 0 Å². The Kier molecular flexibility index (Phi) is 4.68. The SMILES string of the molecule is CNC(C)Cc1noc(-c2csc(-c3ccc(OC)cc3)n2)n1. The van der Waals surface area contributed by atoms with E-state index in [1.807, 2.05) is 36.7 Å². The lowest BCUT2D eigenvalue weighted by molar-refractivity contribution is 0.415. The Balaban J connectivity index is 1.78. The van der Waals surface area contributed by atoms with E-state index >= 15 is 0 Å². The molecule has 1 unspecified atom stereocenters. The lowest BCUT2D eigenvalue weighted by atomic mass is 10.2. The van der Waals surface area contributed by atoms with Crippen LogP contribution in [-0.2, 0) is 6.42 Å². The summed E-state index contributed by atoms with van der Waals surface area (Å²) in [5, 5.41) is 10.00. The Morgan fingerprint density at radius 1 is 1.26 bits per heavy atom. The van der Waals surface area contributed by atoms with Crippen molar-refractivity contribution in [3.05, 3.63) is 35.5 Å². The van der Waals surface area contributed by atoms with Gasteiger partial charge in [-0.1, -0.05) is 5.16 Å². The summed E-state index contributed by atoms with van der Waals surface area (Å²) in [7, 11) is 3.56. The van der Waals surface area contributed by atoms with Crippen molar-refractivity contribution in [2.45, 2.75) is 19.4 Å². The maximum Gasteiger partial charge on any atom is 0.277 e. The summed E-state index contributed by atoms with van der Waals surface area (Å²) in [6.07, 6.45) is 0.718. The van der Waals surface area contributed by atoms with Gasteiger partial charge in [-0.15, -0.1) is 11.3 Å². The first-order valence-electron chi connectivity index (χ1n) is 7.29. The van der Waals surface area contributed by atoms with E-state index < -0.39 is 0 Å². The Labute approximate surface area is 138 Å². The van der Waals surface area contributed by atoms with Crippen molar-refractivity contribution >= 4 is 11.3 Å². The van der Waals surface area contributed by atoms with Crippen molar-refractivity contribution in [3.8, 4) is 27.9 Å². The van der Waals surface area contributed by atoms with Crippen LogP contribution >= 0.6 is 11.3 Å². The van der Waals surface area contributed by atoms with E-state index in [0.29, 0.717) is 23.5 Å². The number of benzene rings is 1. The van der Waals surface area contributed by atoms with Gasteiger partial charge in [0.1, 0.15) is 16.5 Å². The van der Waals surface area contributed by atoms with Crippen LogP contribution in [0.25, 0.3) is 22.2 Å². The molecule has 0 saturated heterocycles. The van der Waals surface area contributed by atoms with Crippen LogP contribution in [-0.4, -0.2) is 35.3 Å². The highest BCUT2D eigenvalue weighted by atomic mass is 32.1. The first-order chi connectivity index (χ1) is 11.2. The zero-order valence-electron chi connectivity index (χ0n) is 13.2. The molecule has 6 nitrogen and oxygen atoms in total. The summed E-state index contributed by atoms with van der Waals surface area (Å²) in [6.45, 7) is 2.07. The molecular formula is C16H18N4O2S. The van der Waals surface area contributed by atoms with Crippen LogP contribution in [0.3, 0.4) is 0 Å². The fraction of sp³-hybridized carbons (Fsp3) is 0.312. The first kappa shape index (κ1) is 15.6. The molecule has 1 N–H and O–H groups in total. The fourth-order valence-corrected chi connectivity index (χ4v) is 2.85. The average molecular weight is 330 g/mol. The molecule has 2 aromatic heterocycles. The van der Waals surface area contributed by atoms with Gasteiger partial charge in [0.2, 0.25) is 0 Å². The minimum Gasteiger partial charge on any atom is -0.497 e. The summed E-state index contributed by atoms with van der Waals surface area (Å²) in [6, 6.07) is 8.09. The van der Waals surface area contributed by atoms with Gasteiger partial charge in [0.05, 0.1) is 7.11 Å². The zero-order valence-corrected chi connectivity index (χ0v) is 14.1. The molecule has 120 valence electrons. The molecule has 1 atom stereocenters. The highest BCUT2D eigenvalue weighted by molar-refractivity contribution is 7.13. The normalized spacial score (nSPS) is 12.3. The van der Waals surface area contributed by atoms with Crippen LogP contribution in [0.4, 0.5) is 0 Å². The molecule has 0 aliphatic heterocycles. The van der Waals surface area contributed by atoms with E-state index in [1.54, 1.807) is 18.4 Å². The Bertz CT molecular complexity index is 766. The molecule has 0 aliphatic carbocycles. The fourth-order valence-electron chi connectivity index (χ4n) is 2.05. The molecule has 3 rings (SSSR count). The molecule has 0 amide bonds. The van der Waals surface area contributed by atoms with Gasteiger partial charge in [-0.3, -0.25) is 0 Å². The molecule has 0 aliphatic rings. The number of rotatable bonds is 6. The third-order valence-corrected chi connectivity index (χ3v) is 4.40. The second-order valence-electron chi connectivity index (χ2n) is 5.18. The van der Waals surface area contributed by atoms with Crippen LogP contribution in [0.1, 0.15) is 12.7 Å². The smallest absolute Gasteiger partial charge is 0.277 e. The third kappa shape index (κ3) is 3.57. The molecule has 23 heavy (non-hydrogen) atoms. The molecular weight excluding hydrogens is 312 g/mol. The number of thiazole rings is 1. The van der Waals surface area contributed by atoms with E-state index in [2.05, 4.69) is 27.4 Å². The largest absolute Gasteiger partial charge is 0.497 e. The second-order valence-corrected chi connectivity index (χ2v) is 6.03. The third-order valence-electron chi connectivity index (χ3n) is 3.51. The van der Waals surface area contributed by atoms with Crippen molar-refractivity contribution in [1.29, 1.82) is 0 Å². The summed E-state index contributed by atoms with van der Waals surface area (Å²) < 4.78 is 10.5. The quantitative estimate of drug-likeness (QED) is 0.749. The highest BCUT2D eigenvalue weighted by Gasteiger charge is 2.14. The molecule has 1 aromatic carbocycles. The number of hydrogen-bond donors (Lipinski definition) is 1. The van der Waals surface area contributed by atoms with Crippen LogP contribution in [0.5, 0.6) is 5.75 Å². The number of hydrogen-bond acceptors (Lipinski definition) is 7. The number of likely N-dealkylation sites (N-methyl/N-ethyl adjacent to an activating group) is 1. The van der Waals surface area contributed by atoms with Gasteiger partial charge in [0.25, 0.3) is 5.89 Å². The molecule has 0 radical (unpaired) electrons. The lowest BCUT2D eigenvalue weighted by Crippen LogP contribution is -2.24. The van der Waals surface area contributed by atoms with Gasteiger partial charge in [0.15, 0.2) is 5.82 Å². The van der Waals surface area contributed by atoms with Gasteiger partial charge in [0, 0.05) is 23.4 Å². The number of aromatic nitrogens is 3. The minimum absolute atomic E-state index is 0.297. The summed E-state index contributed by atoms with van der Waals surface area (Å²) in [5.74, 6) is 1.96. The molecule has 7 heteroatoms. The van der Waals surface area contributed by atoms with E-state index in [-0.39, 0.29) is 0 Å². The lowest BCUT2D eigenvalue weighted by Gasteiger charge is -2.04. The monoisotopic (exact) mass is 330 g/mol. The molecule has 0 saturated carbocycles. The van der Waals surface area contributed by atoms with Crippen molar-refractivity contribution in [3.63, 3.8) is 0 Å². The molecule has 0 fully saturated rings. The van der Waals surface area contributed by atoms with Gasteiger partial charge >= 0.3 is 0 Å². The van der Waals surface area contributed by atoms with E-state index in [0.717, 1.165) is 22.7 Å². The molecule has 2 heterocycles. The van der Waals surface area contributed by atoms with Crippen molar-refractivity contribution < 1.29 is 9.26 Å². The summed E-state index contributed by atoms with van der Waals surface area (Å²) in [4.78, 5) is 8.99. The number of ether oxygens (including phenoxy) is 1. The topological polar surface area (TPSA) is 73.1 Å². The van der Waals surface area contributed by atoms with Gasteiger partial charge in [-0.05, 0) is 38.2 Å². The van der Waals surface area contributed by atoms with Crippen LogP contribution < -0.4 is 10.1 Å². The van der Waals surface area contributed by atoms with Crippen LogP contribution in [0.2, 0.25) is 0 Å². The summed E-state index contributed by atoms with van der Waals surface area (Å²) >= 11 is 1.55. The minimum atomic E-state index is 0.297. The average Bonchev–Trinajstić information content (AvgIpc) is 3.24. The van der Waals surface area contributed by atoms with Gasteiger partial charge < -0.3 is 14.6 Å². The van der Waals surface area contributed by atoms with Crippen molar-refractivity contribution in [1.82, 2.24) is 20.4 Å². The summed E-state index contributed by atoms with van der Waals surface area (Å²) in [5.41, 5.74) is 1.74. The van der Waals surface area contributed by atoms with E-state index in [4.69, 9.17) is 9.26 Å². The molecule has 3 aromatic rings. The number of nitrogens with zero attached hydrogens (tertiary/aromatic N) is 3. The second kappa shape index (κ2) is 6.89. The number of nitrogens with one attached hydrogen (secondary N) is 1. The maximum atomic E-state index is 5.32. The predicted molar refractivity (Wildman–Crippen MR) is 89.6 cm³/mol. The van der Waals surface area contributed by atoms with E-state index in [9.17, 15) is 0 Å². The van der Waals surface area contributed by atoms with Crippen molar-refractivity contribution in [2.75, 3.05) is 14.2 Å².